The molecule has 8 nitrogen and oxygen atoms in total. The molecule has 0 bridgehead atoms. The SMILES string of the molecule is Cc1ccc(-c2cccnc2)nc1Nc1ncc(C(=O)Nc2c(C)ccc3[nH]ncc23)s1. The molecule has 9 heteroatoms. The second-order valence-corrected chi connectivity index (χ2v) is 8.33. The summed E-state index contributed by atoms with van der Waals surface area (Å²) in [5, 5.41) is 14.7. The number of aromatic nitrogens is 5. The first kappa shape index (κ1) is 19.8. The second-order valence-electron chi connectivity index (χ2n) is 7.30. The highest BCUT2D eigenvalue weighted by Gasteiger charge is 2.15. The third-order valence-electron chi connectivity index (χ3n) is 5.08. The molecule has 158 valence electrons. The first-order chi connectivity index (χ1) is 15.6. The van der Waals surface area contributed by atoms with Crippen LogP contribution < -0.4 is 10.6 Å². The Morgan fingerprint density at radius 3 is 2.75 bits per heavy atom. The Morgan fingerprint density at radius 2 is 1.91 bits per heavy atom. The van der Waals surface area contributed by atoms with Gasteiger partial charge in [0.05, 0.1) is 29.3 Å². The monoisotopic (exact) mass is 441 g/mol. The fraction of sp³-hybridized carbons (Fsp3) is 0.0870. The summed E-state index contributed by atoms with van der Waals surface area (Å²) < 4.78 is 0. The molecule has 0 unspecified atom stereocenters. The normalized spacial score (nSPS) is 10.9. The summed E-state index contributed by atoms with van der Waals surface area (Å²) in [6, 6.07) is 11.7. The number of aromatic amines is 1. The highest BCUT2D eigenvalue weighted by molar-refractivity contribution is 7.17. The molecule has 0 saturated carbocycles. The Morgan fingerprint density at radius 1 is 1.03 bits per heavy atom. The fourth-order valence-corrected chi connectivity index (χ4v) is 4.05. The predicted octanol–water partition coefficient (Wildman–Crippen LogP) is 5.09. The van der Waals surface area contributed by atoms with E-state index in [0.29, 0.717) is 15.8 Å². The van der Waals surface area contributed by atoms with E-state index >= 15 is 0 Å². The van der Waals surface area contributed by atoms with E-state index in [1.807, 2.05) is 50.2 Å². The molecule has 0 aliphatic rings. The Hall–Kier alpha value is -4.11. The average Bonchev–Trinajstić information content (AvgIpc) is 3.47. The number of hydrogen-bond donors (Lipinski definition) is 3. The molecule has 4 aromatic heterocycles. The number of H-pyrrole nitrogens is 1. The van der Waals surface area contributed by atoms with Gasteiger partial charge in [0.2, 0.25) is 0 Å². The van der Waals surface area contributed by atoms with Crippen LogP contribution in [0.5, 0.6) is 0 Å². The number of amides is 1. The zero-order valence-corrected chi connectivity index (χ0v) is 18.2. The van der Waals surface area contributed by atoms with Gasteiger partial charge in [-0.05, 0) is 49.2 Å². The molecular weight excluding hydrogens is 422 g/mol. The van der Waals surface area contributed by atoms with E-state index in [1.165, 1.54) is 11.3 Å². The van der Waals surface area contributed by atoms with Gasteiger partial charge in [-0.3, -0.25) is 14.9 Å². The van der Waals surface area contributed by atoms with Crippen molar-refractivity contribution in [2.45, 2.75) is 13.8 Å². The van der Waals surface area contributed by atoms with Gasteiger partial charge in [0.1, 0.15) is 10.7 Å². The van der Waals surface area contributed by atoms with Gasteiger partial charge in [-0.15, -0.1) is 0 Å². The van der Waals surface area contributed by atoms with Crippen molar-refractivity contribution in [1.29, 1.82) is 0 Å². The highest BCUT2D eigenvalue weighted by atomic mass is 32.1. The number of nitrogens with zero attached hydrogens (tertiary/aromatic N) is 4. The van der Waals surface area contributed by atoms with Crippen molar-refractivity contribution in [3.63, 3.8) is 0 Å². The molecule has 0 atom stereocenters. The molecule has 32 heavy (non-hydrogen) atoms. The molecule has 5 aromatic rings. The van der Waals surface area contributed by atoms with E-state index in [9.17, 15) is 4.79 Å². The summed E-state index contributed by atoms with van der Waals surface area (Å²) in [6.45, 7) is 3.92. The first-order valence-corrected chi connectivity index (χ1v) is 10.7. The molecular formula is C23H19N7OS. The van der Waals surface area contributed by atoms with Gasteiger partial charge in [0.15, 0.2) is 5.13 Å². The first-order valence-electron chi connectivity index (χ1n) is 9.93. The van der Waals surface area contributed by atoms with E-state index in [2.05, 4.69) is 30.8 Å². The van der Waals surface area contributed by atoms with Crippen molar-refractivity contribution in [1.82, 2.24) is 25.1 Å². The van der Waals surface area contributed by atoms with Crippen molar-refractivity contribution in [2.75, 3.05) is 10.6 Å². The number of aryl methyl sites for hydroxylation is 2. The number of nitrogens with one attached hydrogen (secondary N) is 3. The molecule has 0 radical (unpaired) electrons. The van der Waals surface area contributed by atoms with E-state index in [0.717, 1.165) is 39.0 Å². The van der Waals surface area contributed by atoms with Crippen LogP contribution in [0.15, 0.2) is 61.2 Å². The van der Waals surface area contributed by atoms with Crippen LogP contribution in [-0.4, -0.2) is 31.1 Å². The fourth-order valence-electron chi connectivity index (χ4n) is 3.34. The van der Waals surface area contributed by atoms with E-state index in [4.69, 9.17) is 4.98 Å². The lowest BCUT2D eigenvalue weighted by Gasteiger charge is -2.09. The van der Waals surface area contributed by atoms with Crippen molar-refractivity contribution >= 4 is 44.8 Å². The summed E-state index contributed by atoms with van der Waals surface area (Å²) in [6.07, 6.45) is 6.78. The largest absolute Gasteiger partial charge is 0.320 e. The standard InChI is InChI=1S/C23H19N7OS/c1-13-5-8-18-16(11-26-30-18)20(13)28-22(31)19-12-25-23(32-19)29-21-14(2)6-7-17(27-21)15-4-3-9-24-10-15/h3-12H,1-2H3,(H,26,30)(H,28,31)(H,25,27,29). The maximum Gasteiger partial charge on any atom is 0.267 e. The number of pyridine rings is 2. The van der Waals surface area contributed by atoms with Crippen LogP contribution in [0.4, 0.5) is 16.6 Å². The predicted molar refractivity (Wildman–Crippen MR) is 126 cm³/mol. The minimum atomic E-state index is -0.221. The number of carbonyl (C=O) groups is 1. The maximum absolute atomic E-state index is 12.9. The lowest BCUT2D eigenvalue weighted by atomic mass is 10.1. The zero-order chi connectivity index (χ0) is 22.1. The van der Waals surface area contributed by atoms with Gasteiger partial charge in [0.25, 0.3) is 5.91 Å². The summed E-state index contributed by atoms with van der Waals surface area (Å²) >= 11 is 1.27. The second kappa shape index (κ2) is 8.20. The van der Waals surface area contributed by atoms with Crippen LogP contribution in [0.1, 0.15) is 20.8 Å². The molecule has 0 spiro atoms. The third kappa shape index (κ3) is 3.81. The molecule has 4 heterocycles. The average molecular weight is 442 g/mol. The Kier molecular flexibility index (Phi) is 5.08. The number of fused-ring (bicyclic) bond motifs is 1. The lowest BCUT2D eigenvalue weighted by Crippen LogP contribution is -2.11. The van der Waals surface area contributed by atoms with Crippen molar-refractivity contribution in [3.8, 4) is 11.3 Å². The van der Waals surface area contributed by atoms with Gasteiger partial charge < -0.3 is 10.6 Å². The molecule has 3 N–H and O–H groups in total. The zero-order valence-electron chi connectivity index (χ0n) is 17.4. The Labute approximate surface area is 187 Å². The summed E-state index contributed by atoms with van der Waals surface area (Å²) in [5.41, 5.74) is 5.28. The Balaban J connectivity index is 1.37. The Bertz CT molecular complexity index is 1430. The highest BCUT2D eigenvalue weighted by Crippen LogP contribution is 2.29. The van der Waals surface area contributed by atoms with Crippen molar-refractivity contribution in [2.24, 2.45) is 0 Å². The minimum absolute atomic E-state index is 0.221. The van der Waals surface area contributed by atoms with Crippen LogP contribution >= 0.6 is 11.3 Å². The van der Waals surface area contributed by atoms with Gasteiger partial charge in [0, 0.05) is 23.3 Å². The number of carbonyl (C=O) groups excluding carboxylic acids is 1. The van der Waals surface area contributed by atoms with E-state index in [-0.39, 0.29) is 5.91 Å². The summed E-state index contributed by atoms with van der Waals surface area (Å²) in [4.78, 5) is 26.6. The summed E-state index contributed by atoms with van der Waals surface area (Å²) in [5.74, 6) is 0.466. The van der Waals surface area contributed by atoms with Crippen LogP contribution in [0, 0.1) is 13.8 Å². The maximum atomic E-state index is 12.9. The molecule has 5 rings (SSSR count). The van der Waals surface area contributed by atoms with Gasteiger partial charge in [-0.2, -0.15) is 5.10 Å². The molecule has 0 aliphatic carbocycles. The van der Waals surface area contributed by atoms with Gasteiger partial charge >= 0.3 is 0 Å². The van der Waals surface area contributed by atoms with E-state index in [1.54, 1.807) is 24.8 Å². The van der Waals surface area contributed by atoms with Crippen molar-refractivity contribution in [3.05, 3.63) is 77.2 Å². The lowest BCUT2D eigenvalue weighted by molar-refractivity contribution is 0.103. The molecule has 1 amide bonds. The van der Waals surface area contributed by atoms with Gasteiger partial charge in [-0.1, -0.05) is 23.5 Å². The van der Waals surface area contributed by atoms with Crippen molar-refractivity contribution < 1.29 is 4.79 Å². The molecule has 0 fully saturated rings. The molecule has 0 saturated heterocycles. The summed E-state index contributed by atoms with van der Waals surface area (Å²) in [7, 11) is 0. The third-order valence-corrected chi connectivity index (χ3v) is 5.99. The van der Waals surface area contributed by atoms with Gasteiger partial charge in [-0.25, -0.2) is 9.97 Å². The number of benzene rings is 1. The van der Waals surface area contributed by atoms with Crippen LogP contribution in [0.25, 0.3) is 22.2 Å². The van der Waals surface area contributed by atoms with E-state index < -0.39 is 0 Å². The number of thiazole rings is 1. The number of rotatable bonds is 5. The van der Waals surface area contributed by atoms with Crippen LogP contribution in [0.2, 0.25) is 0 Å². The number of anilines is 3. The quantitative estimate of drug-likeness (QED) is 0.351. The number of hydrogen-bond acceptors (Lipinski definition) is 7. The minimum Gasteiger partial charge on any atom is -0.320 e. The van der Waals surface area contributed by atoms with Crippen LogP contribution in [-0.2, 0) is 0 Å². The molecule has 1 aromatic carbocycles. The smallest absolute Gasteiger partial charge is 0.267 e. The molecule has 0 aliphatic heterocycles. The topological polar surface area (TPSA) is 108 Å². The van der Waals surface area contributed by atoms with Crippen LogP contribution in [0.3, 0.4) is 0 Å².